The molecule has 0 aliphatic carbocycles. The molecule has 29 heavy (non-hydrogen) atoms. The van der Waals surface area contributed by atoms with Crippen LogP contribution in [0.3, 0.4) is 0 Å². The highest BCUT2D eigenvalue weighted by Gasteiger charge is 2.56. The number of likely N-dealkylation sites (tertiary alicyclic amines) is 1. The van der Waals surface area contributed by atoms with Crippen LogP contribution < -0.4 is 5.32 Å². The number of nitrogens with one attached hydrogen (secondary N) is 1. The molecule has 4 aliphatic heterocycles. The largest absolute Gasteiger partial charge is 0.381 e. The van der Waals surface area contributed by atoms with Gasteiger partial charge in [0.15, 0.2) is 10.5 Å². The van der Waals surface area contributed by atoms with E-state index in [4.69, 9.17) is 9.47 Å². The van der Waals surface area contributed by atoms with Crippen molar-refractivity contribution < 1.29 is 17.9 Å². The molecule has 3 unspecified atom stereocenters. The van der Waals surface area contributed by atoms with E-state index in [0.717, 1.165) is 71.5 Å². The first kappa shape index (κ1) is 19.9. The predicted octanol–water partition coefficient (Wildman–Crippen LogP) is 0.852. The van der Waals surface area contributed by atoms with Crippen LogP contribution in [0.25, 0.3) is 0 Å². The first-order chi connectivity index (χ1) is 13.8. The predicted molar refractivity (Wildman–Crippen MR) is 107 cm³/mol. The number of piperidine rings is 1. The minimum absolute atomic E-state index is 0.117. The molecule has 8 nitrogen and oxygen atoms in total. The Morgan fingerprint density at radius 3 is 2.69 bits per heavy atom. The topological polar surface area (TPSA) is 85.7 Å². The van der Waals surface area contributed by atoms with Crippen molar-refractivity contribution in [3.63, 3.8) is 0 Å². The molecule has 3 atom stereocenters. The summed E-state index contributed by atoms with van der Waals surface area (Å²) < 4.78 is 41.1. The van der Waals surface area contributed by atoms with Crippen molar-refractivity contribution in [2.75, 3.05) is 39.4 Å². The fraction of sp³-hybridized carbons (Fsp3) is 0.850. The first-order valence-corrected chi connectivity index (χ1v) is 12.3. The van der Waals surface area contributed by atoms with Crippen molar-refractivity contribution in [3.05, 3.63) is 11.8 Å². The van der Waals surface area contributed by atoms with Gasteiger partial charge >= 0.3 is 0 Å². The normalized spacial score (nSPS) is 35.2. The summed E-state index contributed by atoms with van der Waals surface area (Å²) in [5.41, 5.74) is -0.279. The van der Waals surface area contributed by atoms with Crippen LogP contribution >= 0.6 is 0 Å². The summed E-state index contributed by atoms with van der Waals surface area (Å²) in [5.74, 6) is 0. The van der Waals surface area contributed by atoms with Gasteiger partial charge in [0.25, 0.3) is 0 Å². The smallest absolute Gasteiger partial charge is 0.223 e. The van der Waals surface area contributed by atoms with E-state index in [9.17, 15) is 8.42 Å². The molecule has 1 aromatic heterocycles. The zero-order valence-corrected chi connectivity index (χ0v) is 18.2. The lowest BCUT2D eigenvalue weighted by Gasteiger charge is -2.33. The monoisotopic (exact) mass is 424 g/mol. The van der Waals surface area contributed by atoms with Gasteiger partial charge in [0.2, 0.25) is 9.84 Å². The maximum Gasteiger partial charge on any atom is 0.223 e. The molecular weight excluding hydrogens is 392 g/mol. The molecule has 9 heteroatoms. The van der Waals surface area contributed by atoms with Gasteiger partial charge in [0, 0.05) is 25.6 Å². The van der Waals surface area contributed by atoms with Gasteiger partial charge in [-0.2, -0.15) is 5.10 Å². The number of nitrogens with zero attached hydrogens (tertiary/aromatic N) is 3. The van der Waals surface area contributed by atoms with E-state index in [1.165, 1.54) is 4.68 Å². The van der Waals surface area contributed by atoms with Crippen LogP contribution in [-0.2, 0) is 26.4 Å². The molecule has 4 saturated heterocycles. The van der Waals surface area contributed by atoms with E-state index >= 15 is 0 Å². The van der Waals surface area contributed by atoms with Crippen LogP contribution in [0.4, 0.5) is 0 Å². The molecular formula is C20H32N4O4S. The number of hydrogen-bond donors (Lipinski definition) is 1. The molecule has 162 valence electrons. The lowest BCUT2D eigenvalue weighted by Crippen LogP contribution is -2.44. The zero-order valence-electron chi connectivity index (χ0n) is 17.4. The molecule has 0 amide bonds. The lowest BCUT2D eigenvalue weighted by molar-refractivity contribution is -0.0358. The molecule has 0 radical (unpaired) electrons. The third-order valence-corrected chi connectivity index (χ3v) is 9.44. The average molecular weight is 425 g/mol. The summed E-state index contributed by atoms with van der Waals surface area (Å²) in [5, 5.41) is 7.92. The molecule has 1 N–H and O–H groups in total. The lowest BCUT2D eigenvalue weighted by atomic mass is 9.86. The Hall–Kier alpha value is -1.00. The van der Waals surface area contributed by atoms with Crippen molar-refractivity contribution in [1.29, 1.82) is 0 Å². The molecule has 2 spiro atoms. The Balaban J connectivity index is 1.48. The Labute approximate surface area is 172 Å². The van der Waals surface area contributed by atoms with E-state index in [2.05, 4.69) is 15.3 Å². The van der Waals surface area contributed by atoms with E-state index in [-0.39, 0.29) is 22.1 Å². The zero-order chi connectivity index (χ0) is 20.3. The van der Waals surface area contributed by atoms with E-state index in [0.29, 0.717) is 5.69 Å². The summed E-state index contributed by atoms with van der Waals surface area (Å²) in [6.45, 7) is 7.02. The minimum atomic E-state index is -3.66. The minimum Gasteiger partial charge on any atom is -0.381 e. The first-order valence-electron chi connectivity index (χ1n) is 10.8. The second kappa shape index (κ2) is 7.02. The summed E-state index contributed by atoms with van der Waals surface area (Å²) in [4.78, 5) is 2.39. The van der Waals surface area contributed by atoms with Crippen molar-refractivity contribution in [2.24, 2.45) is 12.5 Å². The molecule has 0 bridgehead atoms. The van der Waals surface area contributed by atoms with Gasteiger partial charge in [-0.15, -0.1) is 0 Å². The van der Waals surface area contributed by atoms with Crippen LogP contribution in [-0.4, -0.2) is 79.6 Å². The Morgan fingerprint density at radius 1 is 1.24 bits per heavy atom. The van der Waals surface area contributed by atoms with Crippen LogP contribution in [0, 0.1) is 12.3 Å². The maximum atomic E-state index is 13.7. The van der Waals surface area contributed by atoms with Crippen LogP contribution in [0.1, 0.15) is 37.8 Å². The van der Waals surface area contributed by atoms with Gasteiger partial charge in [-0.1, -0.05) is 0 Å². The standard InChI is InChI=1S/C20H32N4O4S/c1-15-11-17(23(2)22-15)29(25,26)18-16(12-20(28-18)3-7-21-8-4-20)24-9-5-19(13-24)6-10-27-14-19/h11,16,18,21H,3-10,12-14H2,1-2H3. The highest BCUT2D eigenvalue weighted by atomic mass is 32.2. The third-order valence-electron chi connectivity index (χ3n) is 7.45. The molecule has 4 aliphatic rings. The molecule has 0 aromatic carbocycles. The van der Waals surface area contributed by atoms with Crippen molar-refractivity contribution in [1.82, 2.24) is 20.0 Å². The van der Waals surface area contributed by atoms with E-state index < -0.39 is 15.3 Å². The second-order valence-electron chi connectivity index (χ2n) is 9.51. The quantitative estimate of drug-likeness (QED) is 0.770. The van der Waals surface area contributed by atoms with Crippen molar-refractivity contribution >= 4 is 9.84 Å². The number of sulfone groups is 1. The Kier molecular flexibility index (Phi) is 4.82. The van der Waals surface area contributed by atoms with E-state index in [1.807, 2.05) is 6.92 Å². The number of rotatable bonds is 3. The SMILES string of the molecule is Cc1cc(S(=O)(=O)C2OC3(CCNCC3)CC2N2CCC3(CCOC3)C2)n(C)n1. The summed E-state index contributed by atoms with van der Waals surface area (Å²) >= 11 is 0. The fourth-order valence-electron chi connectivity index (χ4n) is 5.82. The molecule has 5 rings (SSSR count). The molecule has 5 heterocycles. The van der Waals surface area contributed by atoms with E-state index in [1.54, 1.807) is 13.1 Å². The number of aryl methyl sites for hydroxylation is 2. The number of ether oxygens (including phenoxy) is 2. The van der Waals surface area contributed by atoms with Crippen LogP contribution in [0.15, 0.2) is 11.1 Å². The summed E-state index contributed by atoms with van der Waals surface area (Å²) in [6, 6.07) is 1.55. The van der Waals surface area contributed by atoms with Crippen LogP contribution in [0.5, 0.6) is 0 Å². The van der Waals surface area contributed by atoms with Crippen molar-refractivity contribution in [3.8, 4) is 0 Å². The van der Waals surface area contributed by atoms with Crippen LogP contribution in [0.2, 0.25) is 0 Å². The highest BCUT2D eigenvalue weighted by Crippen LogP contribution is 2.47. The molecule has 0 saturated carbocycles. The van der Waals surface area contributed by atoms with Gasteiger partial charge in [0.1, 0.15) is 0 Å². The van der Waals surface area contributed by atoms with Crippen molar-refractivity contribution in [2.45, 2.75) is 61.1 Å². The van der Waals surface area contributed by atoms with Gasteiger partial charge in [-0.05, 0) is 64.7 Å². The Bertz CT molecular complexity index is 871. The summed E-state index contributed by atoms with van der Waals surface area (Å²) in [7, 11) is -1.96. The Morgan fingerprint density at radius 2 is 2.03 bits per heavy atom. The van der Waals surface area contributed by atoms with Gasteiger partial charge in [0.05, 0.1) is 23.9 Å². The molecule has 4 fully saturated rings. The molecule has 1 aromatic rings. The third kappa shape index (κ3) is 3.35. The number of aromatic nitrogens is 2. The average Bonchev–Trinajstić information content (AvgIpc) is 3.45. The second-order valence-corrected chi connectivity index (χ2v) is 11.5. The number of hydrogen-bond acceptors (Lipinski definition) is 7. The maximum absolute atomic E-state index is 13.7. The van der Waals surface area contributed by atoms with Gasteiger partial charge in [-0.25, -0.2) is 8.42 Å². The summed E-state index contributed by atoms with van der Waals surface area (Å²) in [6.07, 6.45) is 4.66. The fourth-order valence-corrected chi connectivity index (χ4v) is 7.82. The van der Waals surface area contributed by atoms with Gasteiger partial charge in [-0.3, -0.25) is 9.58 Å². The highest BCUT2D eigenvalue weighted by molar-refractivity contribution is 7.91. The van der Waals surface area contributed by atoms with Gasteiger partial charge < -0.3 is 14.8 Å².